The number of benzene rings is 2. The van der Waals surface area contributed by atoms with Gasteiger partial charge in [-0.1, -0.05) is 42.3 Å². The van der Waals surface area contributed by atoms with Crippen molar-refractivity contribution in [2.24, 2.45) is 5.92 Å². The number of piperidine rings is 1. The van der Waals surface area contributed by atoms with E-state index in [4.69, 9.17) is 11.6 Å². The topological polar surface area (TPSA) is 49.4 Å². The molecule has 2 heterocycles. The Morgan fingerprint density at radius 2 is 1.76 bits per heavy atom. The van der Waals surface area contributed by atoms with Crippen LogP contribution in [0.1, 0.15) is 48.8 Å². The molecule has 3 aliphatic rings. The average molecular weight is 429 g/mol. The Morgan fingerprint density at radius 3 is 2.52 bits per heavy atom. The molecule has 4 nitrogen and oxygen atoms in total. The highest BCUT2D eigenvalue weighted by Gasteiger charge is 2.38. The predicted molar refractivity (Wildman–Crippen MR) is 117 cm³/mol. The Hall–Kier alpha value is -1.82. The molecule has 5 rings (SSSR count). The Balaban J connectivity index is 1.51. The molecule has 2 aromatic rings. The molecule has 6 heteroatoms. The SMILES string of the molecule is O=S(=O)(c1ccc2c(c1)C1C=CCC1C(c1ccc(Cl)cc1)N2)N1CCCCC1. The van der Waals surface area contributed by atoms with E-state index in [-0.39, 0.29) is 12.0 Å². The third kappa shape index (κ3) is 3.39. The van der Waals surface area contributed by atoms with Crippen LogP contribution in [0.25, 0.3) is 0 Å². The van der Waals surface area contributed by atoms with Crippen molar-refractivity contribution in [2.75, 3.05) is 18.4 Å². The van der Waals surface area contributed by atoms with Gasteiger partial charge < -0.3 is 5.32 Å². The molecule has 29 heavy (non-hydrogen) atoms. The van der Waals surface area contributed by atoms with Gasteiger partial charge in [-0.3, -0.25) is 0 Å². The summed E-state index contributed by atoms with van der Waals surface area (Å²) in [6, 6.07) is 13.8. The van der Waals surface area contributed by atoms with Crippen molar-refractivity contribution in [3.63, 3.8) is 0 Å². The standard InChI is InChI=1S/C23H25ClN2O2S/c24-17-9-7-16(8-10-17)23-20-6-4-5-19(20)21-15-18(11-12-22(21)25-23)29(27,28)26-13-2-1-3-14-26/h4-5,7-12,15,19-20,23,25H,1-3,6,13-14H2. The average Bonchev–Trinajstić information content (AvgIpc) is 3.24. The Kier molecular flexibility index (Phi) is 4.93. The normalized spacial score (nSPS) is 26.6. The van der Waals surface area contributed by atoms with Crippen LogP contribution >= 0.6 is 11.6 Å². The molecule has 3 atom stereocenters. The Bertz CT molecular complexity index is 1040. The number of sulfonamides is 1. The molecule has 1 saturated heterocycles. The molecule has 0 aromatic heterocycles. The van der Waals surface area contributed by atoms with Gasteiger partial charge in [0.05, 0.1) is 10.9 Å². The summed E-state index contributed by atoms with van der Waals surface area (Å²) < 4.78 is 28.0. The van der Waals surface area contributed by atoms with Crippen molar-refractivity contribution in [1.29, 1.82) is 0 Å². The van der Waals surface area contributed by atoms with Crippen LogP contribution in [0.4, 0.5) is 5.69 Å². The smallest absolute Gasteiger partial charge is 0.243 e. The van der Waals surface area contributed by atoms with Gasteiger partial charge in [-0.05, 0) is 66.6 Å². The van der Waals surface area contributed by atoms with Crippen LogP contribution < -0.4 is 5.32 Å². The second-order valence-corrected chi connectivity index (χ2v) is 10.6. The first-order valence-corrected chi connectivity index (χ1v) is 12.2. The summed E-state index contributed by atoms with van der Waals surface area (Å²) in [7, 11) is -3.43. The van der Waals surface area contributed by atoms with Gasteiger partial charge in [-0.2, -0.15) is 4.31 Å². The number of hydrogen-bond acceptors (Lipinski definition) is 3. The zero-order valence-electron chi connectivity index (χ0n) is 16.2. The van der Waals surface area contributed by atoms with Crippen LogP contribution in [0.2, 0.25) is 5.02 Å². The third-order valence-electron chi connectivity index (χ3n) is 6.52. The van der Waals surface area contributed by atoms with Gasteiger partial charge in [-0.15, -0.1) is 0 Å². The predicted octanol–water partition coefficient (Wildman–Crippen LogP) is 5.34. The van der Waals surface area contributed by atoms with E-state index in [1.165, 1.54) is 5.56 Å². The number of rotatable bonds is 3. The van der Waals surface area contributed by atoms with Gasteiger partial charge in [0.2, 0.25) is 10.0 Å². The monoisotopic (exact) mass is 428 g/mol. The van der Waals surface area contributed by atoms with E-state index in [0.717, 1.165) is 42.0 Å². The minimum Gasteiger partial charge on any atom is -0.378 e. The van der Waals surface area contributed by atoms with Crippen molar-refractivity contribution in [2.45, 2.75) is 42.5 Å². The van der Waals surface area contributed by atoms with E-state index in [2.05, 4.69) is 29.6 Å². The number of fused-ring (bicyclic) bond motifs is 3. The summed E-state index contributed by atoms with van der Waals surface area (Å²) in [4.78, 5) is 0.420. The maximum Gasteiger partial charge on any atom is 0.243 e. The van der Waals surface area contributed by atoms with E-state index in [0.29, 0.717) is 23.9 Å². The molecule has 1 aliphatic carbocycles. The molecule has 152 valence electrons. The van der Waals surface area contributed by atoms with Crippen LogP contribution in [0.3, 0.4) is 0 Å². The molecule has 1 fully saturated rings. The largest absolute Gasteiger partial charge is 0.378 e. The van der Waals surface area contributed by atoms with E-state index in [1.54, 1.807) is 10.4 Å². The highest BCUT2D eigenvalue weighted by molar-refractivity contribution is 7.89. The first kappa shape index (κ1) is 19.2. The Labute approximate surface area is 177 Å². The van der Waals surface area contributed by atoms with E-state index < -0.39 is 10.0 Å². The van der Waals surface area contributed by atoms with Crippen molar-refractivity contribution < 1.29 is 8.42 Å². The zero-order chi connectivity index (χ0) is 20.0. The lowest BCUT2D eigenvalue weighted by Gasteiger charge is -2.38. The molecule has 2 aromatic carbocycles. The third-order valence-corrected chi connectivity index (χ3v) is 8.66. The molecule has 3 unspecified atom stereocenters. The van der Waals surface area contributed by atoms with Crippen molar-refractivity contribution >= 4 is 27.3 Å². The van der Waals surface area contributed by atoms with E-state index in [1.807, 2.05) is 24.3 Å². The maximum atomic E-state index is 13.2. The Morgan fingerprint density at radius 1 is 1.00 bits per heavy atom. The number of halogens is 1. The van der Waals surface area contributed by atoms with E-state index >= 15 is 0 Å². The maximum absolute atomic E-state index is 13.2. The van der Waals surface area contributed by atoms with Gasteiger partial charge in [0, 0.05) is 29.7 Å². The molecule has 1 N–H and O–H groups in total. The molecule has 2 aliphatic heterocycles. The highest BCUT2D eigenvalue weighted by atomic mass is 35.5. The molecular weight excluding hydrogens is 404 g/mol. The lowest BCUT2D eigenvalue weighted by Crippen LogP contribution is -2.36. The fourth-order valence-electron chi connectivity index (χ4n) is 4.99. The zero-order valence-corrected chi connectivity index (χ0v) is 17.8. The fourth-order valence-corrected chi connectivity index (χ4v) is 6.67. The summed E-state index contributed by atoms with van der Waals surface area (Å²) in [5.74, 6) is 0.597. The lowest BCUT2D eigenvalue weighted by molar-refractivity contribution is 0.346. The van der Waals surface area contributed by atoms with Crippen LogP contribution in [0.5, 0.6) is 0 Å². The summed E-state index contributed by atoms with van der Waals surface area (Å²) in [5.41, 5.74) is 3.33. The minimum absolute atomic E-state index is 0.185. The first-order chi connectivity index (χ1) is 14.0. The van der Waals surface area contributed by atoms with Gasteiger partial charge in [0.1, 0.15) is 0 Å². The van der Waals surface area contributed by atoms with Gasteiger partial charge >= 0.3 is 0 Å². The molecular formula is C23H25ClN2O2S. The second kappa shape index (κ2) is 7.46. The highest BCUT2D eigenvalue weighted by Crippen LogP contribution is 2.50. The van der Waals surface area contributed by atoms with Crippen LogP contribution in [0, 0.1) is 5.92 Å². The summed E-state index contributed by atoms with van der Waals surface area (Å²) >= 11 is 6.07. The molecule has 0 spiro atoms. The van der Waals surface area contributed by atoms with E-state index in [9.17, 15) is 8.42 Å². The van der Waals surface area contributed by atoms with Crippen LogP contribution in [-0.2, 0) is 10.0 Å². The van der Waals surface area contributed by atoms with Gasteiger partial charge in [0.25, 0.3) is 0 Å². The minimum atomic E-state index is -3.43. The van der Waals surface area contributed by atoms with Crippen LogP contribution in [0.15, 0.2) is 59.5 Å². The summed E-state index contributed by atoms with van der Waals surface area (Å²) in [6.07, 6.45) is 8.45. The summed E-state index contributed by atoms with van der Waals surface area (Å²) in [5, 5.41) is 4.41. The quantitative estimate of drug-likeness (QED) is 0.671. The van der Waals surface area contributed by atoms with Crippen molar-refractivity contribution in [3.8, 4) is 0 Å². The fraction of sp³-hybridized carbons (Fsp3) is 0.391. The number of hydrogen-bond donors (Lipinski definition) is 1. The van der Waals surface area contributed by atoms with Crippen molar-refractivity contribution in [3.05, 3.63) is 70.8 Å². The summed E-state index contributed by atoms with van der Waals surface area (Å²) in [6.45, 7) is 1.25. The van der Waals surface area contributed by atoms with Crippen molar-refractivity contribution in [1.82, 2.24) is 4.31 Å². The number of anilines is 1. The number of nitrogens with one attached hydrogen (secondary N) is 1. The number of allylic oxidation sites excluding steroid dienone is 2. The second-order valence-electron chi connectivity index (χ2n) is 8.24. The van der Waals surface area contributed by atoms with Gasteiger partial charge in [0.15, 0.2) is 0 Å². The molecule has 0 bridgehead atoms. The number of nitrogens with zero attached hydrogens (tertiary/aromatic N) is 1. The van der Waals surface area contributed by atoms with Crippen LogP contribution in [-0.4, -0.2) is 25.8 Å². The van der Waals surface area contributed by atoms with Gasteiger partial charge in [-0.25, -0.2) is 8.42 Å². The molecule has 0 radical (unpaired) electrons. The molecule has 0 saturated carbocycles. The first-order valence-electron chi connectivity index (χ1n) is 10.4. The molecule has 0 amide bonds. The lowest BCUT2D eigenvalue weighted by atomic mass is 9.77.